The summed E-state index contributed by atoms with van der Waals surface area (Å²) in [7, 11) is 1.64. The molecule has 0 aromatic heterocycles. The third-order valence-corrected chi connectivity index (χ3v) is 5.80. The maximum absolute atomic E-state index is 6.04. The number of para-hydroxylation sites is 2. The molecule has 4 rings (SSSR count). The lowest BCUT2D eigenvalue weighted by molar-refractivity contribution is 0.284. The maximum Gasteiger partial charge on any atom is 0.162 e. The van der Waals surface area contributed by atoms with Gasteiger partial charge in [0.05, 0.1) is 24.7 Å². The Bertz CT molecular complexity index is 1170. The number of hydrogen-bond donors (Lipinski definition) is 0. The van der Waals surface area contributed by atoms with Crippen LogP contribution in [0.15, 0.2) is 107 Å². The van der Waals surface area contributed by atoms with Gasteiger partial charge >= 0.3 is 0 Å². The van der Waals surface area contributed by atoms with Gasteiger partial charge in [-0.25, -0.2) is 5.01 Å². The molecule has 0 N–H and O–H groups in total. The molecular formula is C28H25BrN2O2. The van der Waals surface area contributed by atoms with Gasteiger partial charge in [-0.05, 0) is 64.8 Å². The van der Waals surface area contributed by atoms with Gasteiger partial charge in [0.15, 0.2) is 11.5 Å². The second-order valence-electron chi connectivity index (χ2n) is 7.53. The van der Waals surface area contributed by atoms with E-state index < -0.39 is 0 Å². The minimum atomic E-state index is 0.465. The average Bonchev–Trinajstić information content (AvgIpc) is 2.86. The summed E-state index contributed by atoms with van der Waals surface area (Å²) in [5, 5.41) is 6.69. The molecule has 0 amide bonds. The van der Waals surface area contributed by atoms with E-state index in [1.807, 2.05) is 84.0 Å². The van der Waals surface area contributed by atoms with E-state index in [0.29, 0.717) is 18.1 Å². The zero-order valence-corrected chi connectivity index (χ0v) is 20.2. The molecule has 0 atom stereocenters. The van der Waals surface area contributed by atoms with Crippen LogP contribution in [0.1, 0.15) is 16.7 Å². The van der Waals surface area contributed by atoms with Crippen molar-refractivity contribution in [1.82, 2.24) is 0 Å². The highest BCUT2D eigenvalue weighted by Gasteiger charge is 2.12. The predicted octanol–water partition coefficient (Wildman–Crippen LogP) is 7.52. The summed E-state index contributed by atoms with van der Waals surface area (Å²) in [4.78, 5) is 0. The largest absolute Gasteiger partial charge is 0.493 e. The van der Waals surface area contributed by atoms with Crippen molar-refractivity contribution in [1.29, 1.82) is 0 Å². The maximum atomic E-state index is 6.04. The molecule has 0 radical (unpaired) electrons. The Morgan fingerprint density at radius 3 is 2.00 bits per heavy atom. The van der Waals surface area contributed by atoms with Crippen LogP contribution in [0.5, 0.6) is 11.5 Å². The highest BCUT2D eigenvalue weighted by molar-refractivity contribution is 9.10. The van der Waals surface area contributed by atoms with Crippen molar-refractivity contribution in [3.05, 3.63) is 118 Å². The number of anilines is 2. The fraction of sp³-hybridized carbons (Fsp3) is 0.107. The highest BCUT2D eigenvalue weighted by atomic mass is 79.9. The van der Waals surface area contributed by atoms with Crippen molar-refractivity contribution in [3.8, 4) is 11.5 Å². The topological polar surface area (TPSA) is 34.1 Å². The van der Waals surface area contributed by atoms with Crippen LogP contribution in [0.2, 0.25) is 0 Å². The molecule has 0 fully saturated rings. The van der Waals surface area contributed by atoms with Crippen LogP contribution in [-0.4, -0.2) is 13.3 Å². The highest BCUT2D eigenvalue weighted by Crippen LogP contribution is 2.34. The van der Waals surface area contributed by atoms with E-state index in [-0.39, 0.29) is 0 Å². The molecule has 0 unspecified atom stereocenters. The molecule has 166 valence electrons. The van der Waals surface area contributed by atoms with E-state index in [1.54, 1.807) is 7.11 Å². The monoisotopic (exact) mass is 500 g/mol. The van der Waals surface area contributed by atoms with Gasteiger partial charge in [-0.3, -0.25) is 0 Å². The van der Waals surface area contributed by atoms with Crippen molar-refractivity contribution in [3.63, 3.8) is 0 Å². The van der Waals surface area contributed by atoms with Crippen molar-refractivity contribution in [2.45, 2.75) is 13.5 Å². The number of nitrogens with zero attached hydrogens (tertiary/aromatic N) is 2. The minimum absolute atomic E-state index is 0.465. The van der Waals surface area contributed by atoms with Gasteiger partial charge in [-0.2, -0.15) is 5.10 Å². The van der Waals surface area contributed by atoms with Crippen molar-refractivity contribution in [2.75, 3.05) is 12.1 Å². The number of ether oxygens (including phenoxy) is 2. The van der Waals surface area contributed by atoms with Gasteiger partial charge in [0, 0.05) is 10.0 Å². The van der Waals surface area contributed by atoms with Gasteiger partial charge in [-0.15, -0.1) is 0 Å². The Morgan fingerprint density at radius 2 is 1.42 bits per heavy atom. The summed E-state index contributed by atoms with van der Waals surface area (Å²) in [6.45, 7) is 2.54. The third kappa shape index (κ3) is 5.82. The number of methoxy groups -OCH3 is 1. The SMILES string of the molecule is COc1cc(C=NN(c2ccccc2)c2ccccc2)c(Br)cc1OCc1ccc(C)cc1. The van der Waals surface area contributed by atoms with Crippen LogP contribution in [0.3, 0.4) is 0 Å². The first kappa shape index (κ1) is 22.6. The summed E-state index contributed by atoms with van der Waals surface area (Å²) in [5.41, 5.74) is 5.15. The standard InChI is InChI=1S/C28H25BrN2O2/c1-21-13-15-22(16-14-21)20-33-28-18-26(29)23(17-27(28)32-2)19-30-31(24-9-5-3-6-10-24)25-11-7-4-8-12-25/h3-19H,20H2,1-2H3. The Kier molecular flexibility index (Phi) is 7.43. The van der Waals surface area contributed by atoms with Crippen LogP contribution in [0, 0.1) is 6.92 Å². The number of halogens is 1. The smallest absolute Gasteiger partial charge is 0.162 e. The minimum Gasteiger partial charge on any atom is -0.493 e. The van der Waals surface area contributed by atoms with E-state index in [9.17, 15) is 0 Å². The van der Waals surface area contributed by atoms with Crippen molar-refractivity contribution < 1.29 is 9.47 Å². The lowest BCUT2D eigenvalue weighted by Gasteiger charge is -2.19. The van der Waals surface area contributed by atoms with Crippen molar-refractivity contribution in [2.24, 2.45) is 5.10 Å². The average molecular weight is 501 g/mol. The molecule has 0 heterocycles. The number of benzene rings is 4. The lowest BCUT2D eigenvalue weighted by Crippen LogP contribution is -2.09. The van der Waals surface area contributed by atoms with Gasteiger partial charge in [0.25, 0.3) is 0 Å². The normalized spacial score (nSPS) is 10.9. The van der Waals surface area contributed by atoms with E-state index in [4.69, 9.17) is 14.6 Å². The van der Waals surface area contributed by atoms with Crippen molar-refractivity contribution >= 4 is 33.5 Å². The molecule has 0 aliphatic heterocycles. The number of hydrogen-bond acceptors (Lipinski definition) is 4. The Hall–Kier alpha value is -3.57. The molecule has 4 nitrogen and oxygen atoms in total. The van der Waals surface area contributed by atoms with Gasteiger partial charge in [-0.1, -0.05) is 66.2 Å². The molecule has 0 spiro atoms. The fourth-order valence-corrected chi connectivity index (χ4v) is 3.73. The fourth-order valence-electron chi connectivity index (χ4n) is 3.31. The number of aryl methyl sites for hydroxylation is 1. The first-order valence-electron chi connectivity index (χ1n) is 10.6. The van der Waals surface area contributed by atoms with E-state index in [0.717, 1.165) is 27.0 Å². The molecule has 0 aliphatic rings. The number of rotatable bonds is 8. The molecule has 4 aromatic carbocycles. The molecule has 0 bridgehead atoms. The van der Waals surface area contributed by atoms with Gasteiger partial charge in [0.1, 0.15) is 6.61 Å². The summed E-state index contributed by atoms with van der Waals surface area (Å²) >= 11 is 3.66. The lowest BCUT2D eigenvalue weighted by atomic mass is 10.2. The zero-order chi connectivity index (χ0) is 23.0. The second-order valence-corrected chi connectivity index (χ2v) is 8.38. The van der Waals surface area contributed by atoms with E-state index in [2.05, 4.69) is 47.1 Å². The Labute approximate surface area is 203 Å². The predicted molar refractivity (Wildman–Crippen MR) is 139 cm³/mol. The van der Waals surface area contributed by atoms with Gasteiger partial charge in [0.2, 0.25) is 0 Å². The van der Waals surface area contributed by atoms with Crippen LogP contribution in [0.4, 0.5) is 11.4 Å². The third-order valence-electron chi connectivity index (χ3n) is 5.11. The summed E-state index contributed by atoms with van der Waals surface area (Å²) in [6.07, 6.45) is 1.82. The van der Waals surface area contributed by atoms with Gasteiger partial charge < -0.3 is 9.47 Å². The van der Waals surface area contributed by atoms with Crippen LogP contribution >= 0.6 is 15.9 Å². The summed E-state index contributed by atoms with van der Waals surface area (Å²) in [5.74, 6) is 1.32. The van der Waals surface area contributed by atoms with Crippen LogP contribution in [-0.2, 0) is 6.61 Å². The molecule has 0 saturated carbocycles. The van der Waals surface area contributed by atoms with E-state index >= 15 is 0 Å². The Morgan fingerprint density at radius 1 is 0.818 bits per heavy atom. The molecular weight excluding hydrogens is 476 g/mol. The molecule has 0 aliphatic carbocycles. The molecule has 33 heavy (non-hydrogen) atoms. The molecule has 5 heteroatoms. The van der Waals surface area contributed by atoms with Crippen LogP contribution in [0.25, 0.3) is 0 Å². The molecule has 0 saturated heterocycles. The quantitative estimate of drug-likeness (QED) is 0.185. The Balaban J connectivity index is 1.59. The summed E-state index contributed by atoms with van der Waals surface area (Å²) < 4.78 is 12.5. The second kappa shape index (κ2) is 10.8. The van der Waals surface area contributed by atoms with E-state index in [1.165, 1.54) is 5.56 Å². The zero-order valence-electron chi connectivity index (χ0n) is 18.6. The van der Waals surface area contributed by atoms with Crippen LogP contribution < -0.4 is 14.5 Å². The molecule has 4 aromatic rings. The summed E-state index contributed by atoms with van der Waals surface area (Å²) in [6, 6.07) is 32.2. The first-order valence-corrected chi connectivity index (χ1v) is 11.4. The first-order chi connectivity index (χ1) is 16.1. The number of hydrazone groups is 1.